The summed E-state index contributed by atoms with van der Waals surface area (Å²) in [4.78, 5) is 0. The molecule has 118 valence electrons. The van der Waals surface area contributed by atoms with Crippen molar-refractivity contribution in [2.45, 2.75) is 27.7 Å². The topological polar surface area (TPSA) is 0 Å². The largest absolute Gasteiger partial charge is 0.0616 e. The smallest absolute Gasteiger partial charge is 0.00996 e. The Bertz CT molecular complexity index is 1080. The number of rotatable bonds is 1. The second-order valence-corrected chi connectivity index (χ2v) is 6.81. The van der Waals surface area contributed by atoms with Crippen molar-refractivity contribution in [3.05, 3.63) is 82.9 Å². The molecule has 0 aliphatic carbocycles. The van der Waals surface area contributed by atoms with Gasteiger partial charge in [0, 0.05) is 0 Å². The van der Waals surface area contributed by atoms with Gasteiger partial charge in [0.15, 0.2) is 0 Å². The van der Waals surface area contributed by atoms with Crippen LogP contribution < -0.4 is 0 Å². The molecule has 0 atom stereocenters. The zero-order valence-electron chi connectivity index (χ0n) is 14.8. The second kappa shape index (κ2) is 5.49. The lowest BCUT2D eigenvalue weighted by Crippen LogP contribution is -1.93. The fourth-order valence-electron chi connectivity index (χ4n) is 3.79. The van der Waals surface area contributed by atoms with E-state index in [0.717, 1.165) is 0 Å². The molecule has 4 aromatic carbocycles. The average molecular weight is 310 g/mol. The molecule has 0 aliphatic rings. The van der Waals surface area contributed by atoms with Gasteiger partial charge in [0.05, 0.1) is 0 Å². The van der Waals surface area contributed by atoms with Gasteiger partial charge in [0.2, 0.25) is 0 Å². The van der Waals surface area contributed by atoms with Crippen molar-refractivity contribution in [2.75, 3.05) is 0 Å². The van der Waals surface area contributed by atoms with E-state index < -0.39 is 0 Å². The number of benzene rings is 4. The predicted molar refractivity (Wildman–Crippen MR) is 106 cm³/mol. The Labute approximate surface area is 143 Å². The zero-order valence-corrected chi connectivity index (χ0v) is 14.8. The lowest BCUT2D eigenvalue weighted by atomic mass is 9.87. The summed E-state index contributed by atoms with van der Waals surface area (Å²) in [5.74, 6) is 0. The van der Waals surface area contributed by atoms with Gasteiger partial charge >= 0.3 is 0 Å². The third-order valence-corrected chi connectivity index (χ3v) is 5.49. The van der Waals surface area contributed by atoms with Crippen molar-refractivity contribution in [1.82, 2.24) is 0 Å². The third kappa shape index (κ3) is 2.14. The highest BCUT2D eigenvalue weighted by Gasteiger charge is 2.13. The summed E-state index contributed by atoms with van der Waals surface area (Å²) in [5, 5.41) is 5.38. The summed E-state index contributed by atoms with van der Waals surface area (Å²) >= 11 is 0. The van der Waals surface area contributed by atoms with Gasteiger partial charge < -0.3 is 0 Å². The summed E-state index contributed by atoms with van der Waals surface area (Å²) in [7, 11) is 0. The molecule has 0 unspecified atom stereocenters. The Morgan fingerprint density at radius 2 is 1.12 bits per heavy atom. The molecule has 0 saturated heterocycles. The van der Waals surface area contributed by atoms with Gasteiger partial charge in [0.25, 0.3) is 0 Å². The van der Waals surface area contributed by atoms with Crippen LogP contribution in [-0.2, 0) is 0 Å². The average Bonchev–Trinajstić information content (AvgIpc) is 2.61. The number of fused-ring (bicyclic) bond motifs is 2. The van der Waals surface area contributed by atoms with Crippen LogP contribution >= 0.6 is 0 Å². The van der Waals surface area contributed by atoms with Crippen LogP contribution in [0.4, 0.5) is 0 Å². The number of aryl methyl sites for hydroxylation is 3. The first-order valence-corrected chi connectivity index (χ1v) is 8.56. The van der Waals surface area contributed by atoms with E-state index in [-0.39, 0.29) is 0 Å². The molecule has 0 heterocycles. The van der Waals surface area contributed by atoms with Crippen LogP contribution in [0.2, 0.25) is 0 Å². The van der Waals surface area contributed by atoms with Gasteiger partial charge in [-0.1, -0.05) is 54.6 Å². The maximum atomic E-state index is 2.36. The molecule has 0 aliphatic heterocycles. The fraction of sp³-hybridized carbons (Fsp3) is 0.167. The molecule has 4 rings (SSSR count). The maximum Gasteiger partial charge on any atom is -0.00996 e. The molecule has 4 aromatic rings. The minimum Gasteiger partial charge on any atom is -0.0616 e. The van der Waals surface area contributed by atoms with Gasteiger partial charge in [-0.15, -0.1) is 0 Å². The Balaban J connectivity index is 2.14. The fourth-order valence-corrected chi connectivity index (χ4v) is 3.79. The Morgan fingerprint density at radius 1 is 0.500 bits per heavy atom. The summed E-state index contributed by atoms with van der Waals surface area (Å²) < 4.78 is 0. The molecule has 0 radical (unpaired) electrons. The number of hydrogen-bond acceptors (Lipinski definition) is 0. The van der Waals surface area contributed by atoms with Crippen LogP contribution in [0.25, 0.3) is 32.7 Å². The minimum absolute atomic E-state index is 1.32. The standard InChI is InChI=1S/C24H22/c1-15-13-24(22-12-8-7-11-21(22)16(15)2)23-14-19-9-5-6-10-20(19)17(3)18(23)4/h5-14H,1-4H3. The van der Waals surface area contributed by atoms with E-state index >= 15 is 0 Å². The summed E-state index contributed by atoms with van der Waals surface area (Å²) in [6.07, 6.45) is 0. The Morgan fingerprint density at radius 3 is 1.88 bits per heavy atom. The Hall–Kier alpha value is -2.60. The first-order valence-electron chi connectivity index (χ1n) is 8.56. The van der Waals surface area contributed by atoms with Gasteiger partial charge in [-0.25, -0.2) is 0 Å². The number of hydrogen-bond donors (Lipinski definition) is 0. The van der Waals surface area contributed by atoms with Crippen molar-refractivity contribution in [3.8, 4) is 11.1 Å². The minimum atomic E-state index is 1.32. The molecule has 0 fully saturated rings. The molecule has 0 N–H and O–H groups in total. The van der Waals surface area contributed by atoms with Gasteiger partial charge in [-0.05, 0) is 88.7 Å². The quantitative estimate of drug-likeness (QED) is 0.359. The van der Waals surface area contributed by atoms with Gasteiger partial charge in [-0.3, -0.25) is 0 Å². The van der Waals surface area contributed by atoms with Crippen LogP contribution in [0.3, 0.4) is 0 Å². The van der Waals surface area contributed by atoms with E-state index in [0.29, 0.717) is 0 Å². The summed E-state index contributed by atoms with van der Waals surface area (Å²) in [5.41, 5.74) is 8.19. The molecule has 24 heavy (non-hydrogen) atoms. The van der Waals surface area contributed by atoms with E-state index in [2.05, 4.69) is 88.4 Å². The van der Waals surface area contributed by atoms with Crippen molar-refractivity contribution in [1.29, 1.82) is 0 Å². The molecule has 0 amide bonds. The van der Waals surface area contributed by atoms with E-state index in [1.807, 2.05) is 0 Å². The molecule has 0 spiro atoms. The lowest BCUT2D eigenvalue weighted by molar-refractivity contribution is 1.35. The van der Waals surface area contributed by atoms with Crippen molar-refractivity contribution < 1.29 is 0 Å². The van der Waals surface area contributed by atoms with E-state index in [1.54, 1.807) is 0 Å². The van der Waals surface area contributed by atoms with Crippen LogP contribution in [0.1, 0.15) is 22.3 Å². The van der Waals surface area contributed by atoms with Crippen LogP contribution in [0, 0.1) is 27.7 Å². The molecular weight excluding hydrogens is 288 g/mol. The first kappa shape index (κ1) is 15.0. The summed E-state index contributed by atoms with van der Waals surface area (Å²) in [6.45, 7) is 8.93. The highest BCUT2D eigenvalue weighted by atomic mass is 14.2. The predicted octanol–water partition coefficient (Wildman–Crippen LogP) is 6.89. The molecule has 0 bridgehead atoms. The van der Waals surface area contributed by atoms with Crippen molar-refractivity contribution >= 4 is 21.5 Å². The summed E-state index contributed by atoms with van der Waals surface area (Å²) in [6, 6.07) is 22.2. The monoisotopic (exact) mass is 310 g/mol. The Kier molecular flexibility index (Phi) is 3.42. The SMILES string of the molecule is Cc1cc(-c2cc3ccccc3c(C)c2C)c2ccccc2c1C. The normalized spacial score (nSPS) is 11.3. The highest BCUT2D eigenvalue weighted by molar-refractivity contribution is 6.02. The highest BCUT2D eigenvalue weighted by Crippen LogP contribution is 2.37. The molecule has 0 nitrogen and oxygen atoms in total. The second-order valence-electron chi connectivity index (χ2n) is 6.81. The first-order chi connectivity index (χ1) is 11.6. The van der Waals surface area contributed by atoms with Gasteiger partial charge in [-0.2, -0.15) is 0 Å². The maximum absolute atomic E-state index is 2.36. The van der Waals surface area contributed by atoms with Crippen LogP contribution in [-0.4, -0.2) is 0 Å². The zero-order chi connectivity index (χ0) is 16.8. The van der Waals surface area contributed by atoms with E-state index in [1.165, 1.54) is 54.9 Å². The van der Waals surface area contributed by atoms with Gasteiger partial charge in [0.1, 0.15) is 0 Å². The van der Waals surface area contributed by atoms with Crippen molar-refractivity contribution in [3.63, 3.8) is 0 Å². The van der Waals surface area contributed by atoms with Crippen LogP contribution in [0.15, 0.2) is 60.7 Å². The van der Waals surface area contributed by atoms with Crippen LogP contribution in [0.5, 0.6) is 0 Å². The molecule has 0 saturated carbocycles. The molecule has 0 heteroatoms. The lowest BCUT2D eigenvalue weighted by Gasteiger charge is -2.17. The molecule has 0 aromatic heterocycles. The third-order valence-electron chi connectivity index (χ3n) is 5.49. The van der Waals surface area contributed by atoms with E-state index in [4.69, 9.17) is 0 Å². The van der Waals surface area contributed by atoms with Crippen molar-refractivity contribution in [2.24, 2.45) is 0 Å². The molecular formula is C24H22. The van der Waals surface area contributed by atoms with E-state index in [9.17, 15) is 0 Å².